The SMILES string of the molecule is Cc1cc(C)n(C(=O)/C(C#N)=C/c2ccc(Sc3nc4ccc(NC(=O)c5ccccc5C)cc4s3)c([N+](=O)[O-])c2)n1. The van der Waals surface area contributed by atoms with Crippen molar-refractivity contribution in [2.75, 3.05) is 5.32 Å². The van der Waals surface area contributed by atoms with Crippen LogP contribution < -0.4 is 5.32 Å². The van der Waals surface area contributed by atoms with Crippen molar-refractivity contribution in [3.63, 3.8) is 0 Å². The van der Waals surface area contributed by atoms with Crippen molar-refractivity contribution in [1.29, 1.82) is 5.26 Å². The second-order valence-corrected chi connectivity index (χ2v) is 11.7. The van der Waals surface area contributed by atoms with Crippen molar-refractivity contribution < 1.29 is 14.5 Å². The van der Waals surface area contributed by atoms with Crippen molar-refractivity contribution in [3.05, 3.63) is 110 Å². The van der Waals surface area contributed by atoms with Crippen molar-refractivity contribution in [2.45, 2.75) is 30.0 Å². The molecule has 2 heterocycles. The number of nitrogens with zero attached hydrogens (tertiary/aromatic N) is 5. The molecular weight excluding hydrogens is 573 g/mol. The Morgan fingerprint density at radius 2 is 1.88 bits per heavy atom. The molecule has 1 N–H and O–H groups in total. The van der Waals surface area contributed by atoms with Crippen LogP contribution in [-0.2, 0) is 0 Å². The number of benzene rings is 3. The summed E-state index contributed by atoms with van der Waals surface area (Å²) in [5.41, 5.74) is 3.91. The maximum absolute atomic E-state index is 12.8. The van der Waals surface area contributed by atoms with E-state index in [9.17, 15) is 25.0 Å². The summed E-state index contributed by atoms with van der Waals surface area (Å²) in [7, 11) is 0. The summed E-state index contributed by atoms with van der Waals surface area (Å²) in [4.78, 5) is 41.9. The highest BCUT2D eigenvalue weighted by atomic mass is 32.2. The molecule has 0 atom stereocenters. The fourth-order valence-corrected chi connectivity index (χ4v) is 6.40. The molecule has 5 rings (SSSR count). The second kappa shape index (κ2) is 11.8. The minimum atomic E-state index is -0.617. The number of allylic oxidation sites excluding steroid dienone is 1. The third kappa shape index (κ3) is 5.97. The standard InChI is InChI=1S/C30H22N6O4S2/c1-17-6-4-5-7-23(17)28(37)32-22-9-10-24-27(15-22)42-30(33-24)41-26-11-8-20(14-25(26)36(39)40)13-21(16-31)29(38)35-19(3)12-18(2)34-35/h4-15H,1-3H3,(H,32,37)/b21-13+. The average Bonchev–Trinajstić information content (AvgIpc) is 3.52. The van der Waals surface area contributed by atoms with Crippen LogP contribution in [0.4, 0.5) is 11.4 Å². The predicted octanol–water partition coefficient (Wildman–Crippen LogP) is 6.98. The van der Waals surface area contributed by atoms with Gasteiger partial charge in [0.15, 0.2) is 4.34 Å². The number of nitro groups is 1. The molecule has 0 aliphatic heterocycles. The molecule has 2 aromatic heterocycles. The lowest BCUT2D eigenvalue weighted by molar-refractivity contribution is -0.387. The number of nitrogens with one attached hydrogen (secondary N) is 1. The Labute approximate surface area is 248 Å². The zero-order chi connectivity index (χ0) is 30.0. The summed E-state index contributed by atoms with van der Waals surface area (Å²) in [5.74, 6) is -0.833. The number of nitro benzene ring substituents is 1. The number of anilines is 1. The molecule has 1 amide bonds. The van der Waals surface area contributed by atoms with Crippen LogP contribution in [0.2, 0.25) is 0 Å². The number of nitriles is 1. The van der Waals surface area contributed by atoms with E-state index < -0.39 is 10.8 Å². The van der Waals surface area contributed by atoms with E-state index in [0.29, 0.717) is 43.0 Å². The Morgan fingerprint density at radius 3 is 2.57 bits per heavy atom. The van der Waals surface area contributed by atoms with E-state index in [0.717, 1.165) is 26.7 Å². The summed E-state index contributed by atoms with van der Waals surface area (Å²) in [6.07, 6.45) is 1.31. The fourth-order valence-electron chi connectivity index (χ4n) is 4.26. The van der Waals surface area contributed by atoms with Gasteiger partial charge >= 0.3 is 0 Å². The number of amides is 1. The smallest absolute Gasteiger partial charge is 0.289 e. The maximum atomic E-state index is 12.8. The molecule has 42 heavy (non-hydrogen) atoms. The summed E-state index contributed by atoms with van der Waals surface area (Å²) in [5, 5.41) is 28.6. The highest BCUT2D eigenvalue weighted by Gasteiger charge is 2.20. The summed E-state index contributed by atoms with van der Waals surface area (Å²) in [6.45, 7) is 5.31. The van der Waals surface area contributed by atoms with Crippen molar-refractivity contribution in [1.82, 2.24) is 14.8 Å². The van der Waals surface area contributed by atoms with Gasteiger partial charge in [0.2, 0.25) is 0 Å². The molecule has 0 saturated heterocycles. The van der Waals surface area contributed by atoms with Gasteiger partial charge in [-0.15, -0.1) is 11.3 Å². The lowest BCUT2D eigenvalue weighted by atomic mass is 10.1. The first-order valence-electron chi connectivity index (χ1n) is 12.6. The third-order valence-corrected chi connectivity index (χ3v) is 8.40. The summed E-state index contributed by atoms with van der Waals surface area (Å²) < 4.78 is 2.52. The van der Waals surface area contributed by atoms with Crippen LogP contribution in [0.25, 0.3) is 16.3 Å². The number of aryl methyl sites for hydroxylation is 3. The molecule has 0 unspecified atom stereocenters. The maximum Gasteiger partial charge on any atom is 0.289 e. The number of hydrogen-bond donors (Lipinski definition) is 1. The molecule has 0 aliphatic carbocycles. The van der Waals surface area contributed by atoms with E-state index in [4.69, 9.17) is 0 Å². The van der Waals surface area contributed by atoms with Gasteiger partial charge in [-0.05, 0) is 74.4 Å². The van der Waals surface area contributed by atoms with Gasteiger partial charge in [0.05, 0.1) is 25.7 Å². The van der Waals surface area contributed by atoms with Gasteiger partial charge < -0.3 is 5.32 Å². The largest absolute Gasteiger partial charge is 0.322 e. The van der Waals surface area contributed by atoms with Gasteiger partial charge in [-0.1, -0.05) is 36.0 Å². The zero-order valence-corrected chi connectivity index (χ0v) is 24.2. The Hall–Kier alpha value is -5.12. The topological polar surface area (TPSA) is 144 Å². The zero-order valence-electron chi connectivity index (χ0n) is 22.6. The number of hydrogen-bond acceptors (Lipinski definition) is 9. The Kier molecular flexibility index (Phi) is 7.97. The summed E-state index contributed by atoms with van der Waals surface area (Å²) in [6, 6.07) is 20.8. The highest BCUT2D eigenvalue weighted by Crippen LogP contribution is 2.40. The minimum Gasteiger partial charge on any atom is -0.322 e. The average molecular weight is 595 g/mol. The van der Waals surface area contributed by atoms with Crippen LogP contribution in [0.15, 0.2) is 81.5 Å². The van der Waals surface area contributed by atoms with Crippen molar-refractivity contribution >= 4 is 62.6 Å². The van der Waals surface area contributed by atoms with Crippen LogP contribution in [0.5, 0.6) is 0 Å². The monoisotopic (exact) mass is 594 g/mol. The Balaban J connectivity index is 1.38. The van der Waals surface area contributed by atoms with Gasteiger partial charge in [-0.3, -0.25) is 19.7 Å². The molecule has 3 aromatic carbocycles. The van der Waals surface area contributed by atoms with Crippen LogP contribution >= 0.6 is 23.1 Å². The fraction of sp³-hybridized carbons (Fsp3) is 0.100. The third-order valence-electron chi connectivity index (χ3n) is 6.26. The normalized spacial score (nSPS) is 11.3. The molecule has 208 valence electrons. The number of carbonyl (C=O) groups excluding carboxylic acids is 2. The second-order valence-electron chi connectivity index (χ2n) is 9.33. The molecule has 0 radical (unpaired) electrons. The Morgan fingerprint density at radius 1 is 1.10 bits per heavy atom. The number of fused-ring (bicyclic) bond motifs is 1. The highest BCUT2D eigenvalue weighted by molar-refractivity contribution is 8.01. The van der Waals surface area contributed by atoms with Crippen LogP contribution in [0.3, 0.4) is 0 Å². The van der Waals surface area contributed by atoms with E-state index >= 15 is 0 Å². The molecule has 10 nitrogen and oxygen atoms in total. The Bertz CT molecular complexity index is 1970. The number of aromatic nitrogens is 3. The van der Waals surface area contributed by atoms with E-state index in [-0.39, 0.29) is 17.2 Å². The molecule has 0 bridgehead atoms. The minimum absolute atomic E-state index is 0.185. The van der Waals surface area contributed by atoms with Gasteiger partial charge in [0.1, 0.15) is 11.6 Å². The van der Waals surface area contributed by atoms with Gasteiger partial charge in [0, 0.05) is 23.0 Å². The first-order chi connectivity index (χ1) is 20.1. The quantitative estimate of drug-likeness (QED) is 0.0920. The summed E-state index contributed by atoms with van der Waals surface area (Å²) >= 11 is 2.48. The molecule has 0 aliphatic rings. The van der Waals surface area contributed by atoms with Crippen molar-refractivity contribution in [2.24, 2.45) is 0 Å². The van der Waals surface area contributed by atoms with E-state index in [1.807, 2.05) is 37.3 Å². The first kappa shape index (κ1) is 28.4. The molecule has 5 aromatic rings. The predicted molar refractivity (Wildman–Crippen MR) is 162 cm³/mol. The molecular formula is C30H22N6O4S2. The number of thiazole rings is 1. The van der Waals surface area contributed by atoms with Gasteiger partial charge in [-0.25, -0.2) is 9.67 Å². The van der Waals surface area contributed by atoms with Crippen molar-refractivity contribution in [3.8, 4) is 6.07 Å². The molecule has 0 fully saturated rings. The molecule has 12 heteroatoms. The van der Waals surface area contributed by atoms with Crippen LogP contribution in [0.1, 0.15) is 37.7 Å². The van der Waals surface area contributed by atoms with E-state index in [1.54, 1.807) is 50.2 Å². The van der Waals surface area contributed by atoms with Gasteiger partial charge in [-0.2, -0.15) is 10.4 Å². The van der Waals surface area contributed by atoms with Gasteiger partial charge in [0.25, 0.3) is 17.5 Å². The lowest BCUT2D eigenvalue weighted by Gasteiger charge is -2.07. The first-order valence-corrected chi connectivity index (χ1v) is 14.2. The van der Waals surface area contributed by atoms with Crippen LogP contribution in [0, 0.1) is 42.2 Å². The lowest BCUT2D eigenvalue weighted by Crippen LogP contribution is -2.15. The molecule has 0 spiro atoms. The molecule has 0 saturated carbocycles. The number of carbonyl (C=O) groups is 2. The van der Waals surface area contributed by atoms with Crippen LogP contribution in [-0.4, -0.2) is 31.5 Å². The number of rotatable bonds is 7. The van der Waals surface area contributed by atoms with E-state index in [2.05, 4.69) is 15.4 Å². The van der Waals surface area contributed by atoms with E-state index in [1.165, 1.54) is 23.5 Å².